The number of ketones is 1. The van der Waals surface area contributed by atoms with Crippen molar-refractivity contribution < 1.29 is 9.18 Å². The van der Waals surface area contributed by atoms with Crippen LogP contribution in [0.4, 0.5) is 4.39 Å². The molecule has 0 unspecified atom stereocenters. The minimum Gasteiger partial charge on any atom is -0.291 e. The van der Waals surface area contributed by atoms with Gasteiger partial charge in [-0.3, -0.25) is 4.79 Å². The second-order valence-electron chi connectivity index (χ2n) is 3.99. The normalized spacial score (nSPS) is 11.3. The quantitative estimate of drug-likeness (QED) is 0.743. The first-order valence-corrected chi connectivity index (χ1v) is 5.75. The van der Waals surface area contributed by atoms with Gasteiger partial charge in [0.15, 0.2) is 11.6 Å². The lowest BCUT2D eigenvalue weighted by Crippen LogP contribution is -2.02. The average molecular weight is 240 g/mol. The van der Waals surface area contributed by atoms with Crippen LogP contribution in [0.1, 0.15) is 11.1 Å². The number of rotatable bonds is 4. The SMILES string of the molecule is O=C(Cc1ccccc1)/C(F)=C/c1ccccc1. The summed E-state index contributed by atoms with van der Waals surface area (Å²) in [5.41, 5.74) is 1.51. The van der Waals surface area contributed by atoms with Crippen molar-refractivity contribution in [1.82, 2.24) is 0 Å². The zero-order chi connectivity index (χ0) is 12.8. The maximum absolute atomic E-state index is 13.7. The van der Waals surface area contributed by atoms with E-state index in [1.54, 1.807) is 24.3 Å². The minimum atomic E-state index is -0.704. The minimum absolute atomic E-state index is 0.0933. The maximum atomic E-state index is 13.7. The van der Waals surface area contributed by atoms with E-state index in [1.165, 1.54) is 6.08 Å². The third-order valence-corrected chi connectivity index (χ3v) is 2.57. The summed E-state index contributed by atoms with van der Waals surface area (Å²) in [6, 6.07) is 18.1. The lowest BCUT2D eigenvalue weighted by atomic mass is 10.1. The number of carbonyl (C=O) groups excluding carboxylic acids is 1. The van der Waals surface area contributed by atoms with Gasteiger partial charge in [-0.25, -0.2) is 4.39 Å². The Morgan fingerprint density at radius 1 is 0.944 bits per heavy atom. The van der Waals surface area contributed by atoms with E-state index in [9.17, 15) is 9.18 Å². The zero-order valence-corrected chi connectivity index (χ0v) is 9.84. The van der Waals surface area contributed by atoms with Gasteiger partial charge in [0.25, 0.3) is 0 Å². The van der Waals surface area contributed by atoms with E-state index in [1.807, 2.05) is 36.4 Å². The van der Waals surface area contributed by atoms with E-state index < -0.39 is 11.6 Å². The van der Waals surface area contributed by atoms with Crippen molar-refractivity contribution in [2.24, 2.45) is 0 Å². The molecule has 0 amide bonds. The van der Waals surface area contributed by atoms with Gasteiger partial charge >= 0.3 is 0 Å². The summed E-state index contributed by atoms with van der Waals surface area (Å²) in [4.78, 5) is 11.7. The van der Waals surface area contributed by atoms with Crippen molar-refractivity contribution in [2.45, 2.75) is 6.42 Å². The fourth-order valence-corrected chi connectivity index (χ4v) is 1.64. The molecule has 0 fully saturated rings. The predicted molar refractivity (Wildman–Crippen MR) is 70.7 cm³/mol. The molecule has 0 aliphatic carbocycles. The molecule has 90 valence electrons. The molecule has 0 aromatic heterocycles. The van der Waals surface area contributed by atoms with Gasteiger partial charge in [-0.2, -0.15) is 0 Å². The van der Waals surface area contributed by atoms with Crippen LogP contribution in [0, 0.1) is 0 Å². The van der Waals surface area contributed by atoms with Crippen LogP contribution in [-0.2, 0) is 11.2 Å². The smallest absolute Gasteiger partial charge is 0.195 e. The first-order chi connectivity index (χ1) is 8.75. The fourth-order valence-electron chi connectivity index (χ4n) is 1.64. The molecular formula is C16H13FO. The summed E-state index contributed by atoms with van der Waals surface area (Å²) >= 11 is 0. The molecule has 0 saturated heterocycles. The summed E-state index contributed by atoms with van der Waals surface area (Å²) in [6.45, 7) is 0. The second-order valence-corrected chi connectivity index (χ2v) is 3.99. The third-order valence-electron chi connectivity index (χ3n) is 2.57. The predicted octanol–water partition coefficient (Wildman–Crippen LogP) is 3.81. The molecule has 2 heteroatoms. The molecular weight excluding hydrogens is 227 g/mol. The number of allylic oxidation sites excluding steroid dienone is 1. The summed E-state index contributed by atoms with van der Waals surface area (Å²) in [5.74, 6) is -1.20. The third kappa shape index (κ3) is 3.39. The second kappa shape index (κ2) is 5.92. The molecule has 0 aliphatic rings. The van der Waals surface area contributed by atoms with E-state index in [2.05, 4.69) is 0 Å². The lowest BCUT2D eigenvalue weighted by Gasteiger charge is -1.99. The number of carbonyl (C=O) groups is 1. The number of benzene rings is 2. The highest BCUT2D eigenvalue weighted by molar-refractivity contribution is 5.98. The Balaban J connectivity index is 2.08. The zero-order valence-electron chi connectivity index (χ0n) is 9.84. The standard InChI is InChI=1S/C16H13FO/c17-15(11-13-7-3-1-4-8-13)16(18)12-14-9-5-2-6-10-14/h1-11H,12H2/b15-11-. The highest BCUT2D eigenvalue weighted by atomic mass is 19.1. The van der Waals surface area contributed by atoms with E-state index in [0.29, 0.717) is 5.56 Å². The van der Waals surface area contributed by atoms with E-state index in [0.717, 1.165) is 5.56 Å². The van der Waals surface area contributed by atoms with Crippen molar-refractivity contribution in [1.29, 1.82) is 0 Å². The Labute approximate surface area is 106 Å². The molecule has 0 heterocycles. The molecule has 18 heavy (non-hydrogen) atoms. The van der Waals surface area contributed by atoms with Crippen LogP contribution in [0.25, 0.3) is 6.08 Å². The van der Waals surface area contributed by atoms with Crippen molar-refractivity contribution in [2.75, 3.05) is 0 Å². The summed E-state index contributed by atoms with van der Waals surface area (Å²) in [6.07, 6.45) is 1.36. The van der Waals surface area contributed by atoms with Gasteiger partial charge in [0.1, 0.15) is 0 Å². The highest BCUT2D eigenvalue weighted by Crippen LogP contribution is 2.11. The van der Waals surface area contributed by atoms with E-state index >= 15 is 0 Å². The number of halogens is 1. The topological polar surface area (TPSA) is 17.1 Å². The van der Waals surface area contributed by atoms with Crippen LogP contribution in [0.15, 0.2) is 66.5 Å². The molecule has 0 N–H and O–H groups in total. The lowest BCUT2D eigenvalue weighted by molar-refractivity contribution is -0.116. The summed E-state index contributed by atoms with van der Waals surface area (Å²) in [7, 11) is 0. The van der Waals surface area contributed by atoms with Crippen LogP contribution < -0.4 is 0 Å². The number of Topliss-reactive ketones (excluding diaryl/α,β-unsaturated/α-hetero) is 1. The van der Waals surface area contributed by atoms with Gasteiger partial charge in [-0.1, -0.05) is 60.7 Å². The van der Waals surface area contributed by atoms with E-state index in [4.69, 9.17) is 0 Å². The van der Waals surface area contributed by atoms with Gasteiger partial charge < -0.3 is 0 Å². The molecule has 0 saturated carbocycles. The first kappa shape index (κ1) is 12.2. The maximum Gasteiger partial charge on any atom is 0.195 e. The summed E-state index contributed by atoms with van der Waals surface area (Å²) in [5, 5.41) is 0. The molecule has 0 atom stereocenters. The van der Waals surface area contributed by atoms with Gasteiger partial charge in [-0.05, 0) is 17.2 Å². The molecule has 0 radical (unpaired) electrons. The van der Waals surface area contributed by atoms with Crippen molar-refractivity contribution in [3.05, 3.63) is 77.6 Å². The summed E-state index contributed by atoms with van der Waals surface area (Å²) < 4.78 is 13.7. The Bertz CT molecular complexity index is 544. The first-order valence-electron chi connectivity index (χ1n) is 5.75. The molecule has 0 spiro atoms. The van der Waals surface area contributed by atoms with Crippen LogP contribution in [0.3, 0.4) is 0 Å². The fraction of sp³-hybridized carbons (Fsp3) is 0.0625. The number of hydrogen-bond acceptors (Lipinski definition) is 1. The van der Waals surface area contributed by atoms with Crippen molar-refractivity contribution >= 4 is 11.9 Å². The van der Waals surface area contributed by atoms with Crippen LogP contribution in [0.2, 0.25) is 0 Å². The Hall–Kier alpha value is -2.22. The molecule has 2 aromatic carbocycles. The Morgan fingerprint density at radius 3 is 2.11 bits per heavy atom. The number of hydrogen-bond donors (Lipinski definition) is 0. The van der Waals surface area contributed by atoms with Crippen molar-refractivity contribution in [3.63, 3.8) is 0 Å². The highest BCUT2D eigenvalue weighted by Gasteiger charge is 2.09. The molecule has 0 bridgehead atoms. The van der Waals surface area contributed by atoms with E-state index in [-0.39, 0.29) is 6.42 Å². The molecule has 0 aliphatic heterocycles. The Kier molecular flexibility index (Phi) is 4.02. The monoisotopic (exact) mass is 240 g/mol. The van der Waals surface area contributed by atoms with Gasteiger partial charge in [-0.15, -0.1) is 0 Å². The van der Waals surface area contributed by atoms with Crippen LogP contribution >= 0.6 is 0 Å². The van der Waals surface area contributed by atoms with Crippen LogP contribution in [0.5, 0.6) is 0 Å². The largest absolute Gasteiger partial charge is 0.291 e. The molecule has 2 aromatic rings. The van der Waals surface area contributed by atoms with Gasteiger partial charge in [0.2, 0.25) is 0 Å². The molecule has 2 rings (SSSR count). The van der Waals surface area contributed by atoms with Crippen molar-refractivity contribution in [3.8, 4) is 0 Å². The van der Waals surface area contributed by atoms with Gasteiger partial charge in [0.05, 0.1) is 0 Å². The van der Waals surface area contributed by atoms with Gasteiger partial charge in [0, 0.05) is 6.42 Å². The Morgan fingerprint density at radius 2 is 1.50 bits per heavy atom. The molecule has 1 nitrogen and oxygen atoms in total. The van der Waals surface area contributed by atoms with Crippen LogP contribution in [-0.4, -0.2) is 5.78 Å². The average Bonchev–Trinajstić information content (AvgIpc) is 2.41.